The lowest BCUT2D eigenvalue weighted by Crippen LogP contribution is -2.49. The SMILES string of the molecule is C[Si](C)(C)c1cc2ccccc2c2c1CC2(O)C#Cc1ccccc1. The standard InChI is InChI=1S/C23H22OSi/c1-25(2,3)21-15-18-11-7-8-12-19(18)22-20(21)16-23(22,24)14-13-17-9-5-4-6-10-17/h4-12,15,24H,16H2,1-3H3. The summed E-state index contributed by atoms with van der Waals surface area (Å²) in [6.07, 6.45) is 0.632. The number of rotatable bonds is 1. The first-order valence-electron chi connectivity index (χ1n) is 8.75. The summed E-state index contributed by atoms with van der Waals surface area (Å²) in [5.74, 6) is 6.32. The number of benzene rings is 3. The molecule has 0 saturated heterocycles. The molecule has 1 atom stereocenters. The number of fused-ring (bicyclic) bond motifs is 3. The van der Waals surface area contributed by atoms with Gasteiger partial charge in [-0.25, -0.2) is 0 Å². The summed E-state index contributed by atoms with van der Waals surface area (Å²) in [4.78, 5) is 0. The highest BCUT2D eigenvalue weighted by molar-refractivity contribution is 6.89. The van der Waals surface area contributed by atoms with Gasteiger partial charge in [-0.05, 0) is 28.5 Å². The van der Waals surface area contributed by atoms with Gasteiger partial charge < -0.3 is 5.11 Å². The Bertz CT molecular complexity index is 1020. The summed E-state index contributed by atoms with van der Waals surface area (Å²) in [6.45, 7) is 7.10. The van der Waals surface area contributed by atoms with E-state index in [-0.39, 0.29) is 0 Å². The zero-order valence-corrected chi connectivity index (χ0v) is 15.9. The zero-order valence-electron chi connectivity index (χ0n) is 14.9. The van der Waals surface area contributed by atoms with Crippen LogP contribution in [-0.2, 0) is 12.0 Å². The number of hydrogen-bond acceptors (Lipinski definition) is 1. The molecule has 1 unspecified atom stereocenters. The minimum Gasteiger partial charge on any atom is -0.373 e. The highest BCUT2D eigenvalue weighted by Gasteiger charge is 2.44. The van der Waals surface area contributed by atoms with Crippen LogP contribution in [0.2, 0.25) is 19.6 Å². The van der Waals surface area contributed by atoms with Gasteiger partial charge in [0.05, 0.1) is 8.07 Å². The molecule has 0 fully saturated rings. The van der Waals surface area contributed by atoms with Gasteiger partial charge in [-0.1, -0.05) is 85.2 Å². The van der Waals surface area contributed by atoms with Crippen molar-refractivity contribution >= 4 is 24.0 Å². The van der Waals surface area contributed by atoms with Crippen molar-refractivity contribution in [3.05, 3.63) is 77.4 Å². The van der Waals surface area contributed by atoms with E-state index in [2.05, 4.69) is 55.7 Å². The first kappa shape index (κ1) is 16.1. The molecule has 0 heterocycles. The summed E-state index contributed by atoms with van der Waals surface area (Å²) in [5, 5.41) is 15.0. The summed E-state index contributed by atoms with van der Waals surface area (Å²) < 4.78 is 0. The molecule has 4 rings (SSSR count). The van der Waals surface area contributed by atoms with Gasteiger partial charge in [0.2, 0.25) is 0 Å². The van der Waals surface area contributed by atoms with Crippen LogP contribution in [0.3, 0.4) is 0 Å². The average Bonchev–Trinajstić information content (AvgIpc) is 2.58. The summed E-state index contributed by atoms with van der Waals surface area (Å²) >= 11 is 0. The van der Waals surface area contributed by atoms with Crippen molar-refractivity contribution in [2.45, 2.75) is 31.7 Å². The molecule has 1 N–H and O–H groups in total. The number of aliphatic hydroxyl groups is 1. The lowest BCUT2D eigenvalue weighted by molar-refractivity contribution is 0.0782. The van der Waals surface area contributed by atoms with Crippen molar-refractivity contribution in [2.24, 2.45) is 0 Å². The molecule has 2 heteroatoms. The van der Waals surface area contributed by atoms with E-state index in [1.54, 1.807) is 0 Å². The fraction of sp³-hybridized carbons (Fsp3) is 0.217. The van der Waals surface area contributed by atoms with Gasteiger partial charge in [-0.15, -0.1) is 0 Å². The van der Waals surface area contributed by atoms with E-state index in [1.807, 2.05) is 36.4 Å². The van der Waals surface area contributed by atoms with E-state index in [4.69, 9.17) is 0 Å². The Morgan fingerprint density at radius 3 is 2.36 bits per heavy atom. The Kier molecular flexibility index (Phi) is 3.61. The molecule has 1 aliphatic rings. The van der Waals surface area contributed by atoms with Crippen LogP contribution in [0.4, 0.5) is 0 Å². The van der Waals surface area contributed by atoms with E-state index >= 15 is 0 Å². The molecule has 0 radical (unpaired) electrons. The minimum absolute atomic E-state index is 0.632. The zero-order chi connectivity index (χ0) is 17.7. The third-order valence-electron chi connectivity index (χ3n) is 5.00. The van der Waals surface area contributed by atoms with Crippen molar-refractivity contribution in [1.29, 1.82) is 0 Å². The van der Waals surface area contributed by atoms with E-state index in [0.29, 0.717) is 6.42 Å². The van der Waals surface area contributed by atoms with Gasteiger partial charge >= 0.3 is 0 Å². The summed E-state index contributed by atoms with van der Waals surface area (Å²) in [5.41, 5.74) is 2.25. The maximum absolute atomic E-state index is 11.3. The van der Waals surface area contributed by atoms with Crippen LogP contribution in [-0.4, -0.2) is 13.2 Å². The van der Waals surface area contributed by atoms with Crippen molar-refractivity contribution in [3.63, 3.8) is 0 Å². The molecule has 1 aliphatic carbocycles. The molecule has 1 nitrogen and oxygen atoms in total. The third kappa shape index (κ3) is 2.70. The molecule has 25 heavy (non-hydrogen) atoms. The predicted molar refractivity (Wildman–Crippen MR) is 108 cm³/mol. The van der Waals surface area contributed by atoms with Gasteiger partial charge in [-0.2, -0.15) is 0 Å². The molecule has 0 aromatic heterocycles. The van der Waals surface area contributed by atoms with Crippen molar-refractivity contribution in [3.8, 4) is 11.8 Å². The van der Waals surface area contributed by atoms with Crippen molar-refractivity contribution < 1.29 is 5.11 Å². The highest BCUT2D eigenvalue weighted by atomic mass is 28.3. The first-order valence-corrected chi connectivity index (χ1v) is 12.2. The second-order valence-corrected chi connectivity index (χ2v) is 12.9. The maximum atomic E-state index is 11.3. The third-order valence-corrected chi connectivity index (χ3v) is 7.06. The Morgan fingerprint density at radius 1 is 0.960 bits per heavy atom. The topological polar surface area (TPSA) is 20.2 Å². The molecular weight excluding hydrogens is 320 g/mol. The molecule has 3 aromatic carbocycles. The summed E-state index contributed by atoms with van der Waals surface area (Å²) in [7, 11) is -1.48. The van der Waals surface area contributed by atoms with Crippen LogP contribution in [0.15, 0.2) is 60.7 Å². The monoisotopic (exact) mass is 342 g/mol. The quantitative estimate of drug-likeness (QED) is 0.519. The molecule has 0 spiro atoms. The van der Waals surface area contributed by atoms with Gasteiger partial charge in [0.15, 0.2) is 5.60 Å². The molecular formula is C23H22OSi. The molecule has 0 saturated carbocycles. The first-order chi connectivity index (χ1) is 11.9. The van der Waals surface area contributed by atoms with E-state index in [1.165, 1.54) is 16.1 Å². The van der Waals surface area contributed by atoms with Gasteiger partial charge in [0, 0.05) is 17.5 Å². The second-order valence-electron chi connectivity index (χ2n) is 7.90. The minimum atomic E-state index is -1.48. The molecule has 0 amide bonds. The number of hydrogen-bond donors (Lipinski definition) is 1. The van der Waals surface area contributed by atoms with Crippen LogP contribution >= 0.6 is 0 Å². The lowest BCUT2D eigenvalue weighted by atomic mass is 9.71. The van der Waals surface area contributed by atoms with Gasteiger partial charge in [0.25, 0.3) is 0 Å². The van der Waals surface area contributed by atoms with Gasteiger partial charge in [0.1, 0.15) is 0 Å². The molecule has 3 aromatic rings. The Hall–Kier alpha value is -2.34. The lowest BCUT2D eigenvalue weighted by Gasteiger charge is -2.40. The smallest absolute Gasteiger partial charge is 0.156 e. The highest BCUT2D eigenvalue weighted by Crippen LogP contribution is 2.43. The van der Waals surface area contributed by atoms with Gasteiger partial charge in [-0.3, -0.25) is 0 Å². The Morgan fingerprint density at radius 2 is 1.64 bits per heavy atom. The largest absolute Gasteiger partial charge is 0.373 e. The fourth-order valence-corrected chi connectivity index (χ4v) is 5.46. The molecule has 124 valence electrons. The van der Waals surface area contributed by atoms with E-state index in [0.717, 1.165) is 16.5 Å². The molecule has 0 bridgehead atoms. The fourth-order valence-electron chi connectivity index (χ4n) is 3.76. The summed E-state index contributed by atoms with van der Waals surface area (Å²) in [6, 6.07) is 20.6. The van der Waals surface area contributed by atoms with E-state index in [9.17, 15) is 5.11 Å². The Balaban J connectivity index is 1.90. The average molecular weight is 343 g/mol. The van der Waals surface area contributed by atoms with Crippen molar-refractivity contribution in [1.82, 2.24) is 0 Å². The van der Waals surface area contributed by atoms with Crippen LogP contribution in [0.1, 0.15) is 16.7 Å². The van der Waals surface area contributed by atoms with Crippen molar-refractivity contribution in [2.75, 3.05) is 0 Å². The second kappa shape index (κ2) is 5.59. The predicted octanol–water partition coefficient (Wildman–Crippen LogP) is 4.18. The maximum Gasteiger partial charge on any atom is 0.156 e. The van der Waals surface area contributed by atoms with Crippen LogP contribution in [0, 0.1) is 11.8 Å². The normalized spacial score (nSPS) is 18.9. The van der Waals surface area contributed by atoms with E-state index < -0.39 is 13.7 Å². The molecule has 0 aliphatic heterocycles. The van der Waals surface area contributed by atoms with Crippen LogP contribution < -0.4 is 5.19 Å². The van der Waals surface area contributed by atoms with Crippen LogP contribution in [0.5, 0.6) is 0 Å². The van der Waals surface area contributed by atoms with Crippen LogP contribution in [0.25, 0.3) is 10.8 Å². The Labute approximate surface area is 150 Å².